The smallest absolute Gasteiger partial charge is 0.294 e. The number of halogens is 2. The van der Waals surface area contributed by atoms with Gasteiger partial charge in [-0.3, -0.25) is 19.3 Å². The number of nitrogens with one attached hydrogen (secondary N) is 1. The molecule has 2 aromatic carbocycles. The fraction of sp³-hybridized carbons (Fsp3) is 0.150. The minimum atomic E-state index is -0.554. The van der Waals surface area contributed by atoms with Gasteiger partial charge in [0.25, 0.3) is 11.1 Å². The first-order chi connectivity index (χ1) is 13.3. The number of carbonyl (C=O) groups is 3. The molecule has 1 aliphatic rings. The fourth-order valence-electron chi connectivity index (χ4n) is 2.58. The Labute approximate surface area is 176 Å². The molecule has 144 valence electrons. The monoisotopic (exact) mass is 434 g/mol. The predicted octanol–water partition coefficient (Wildman–Crippen LogP) is 5.29. The van der Waals surface area contributed by atoms with Crippen LogP contribution in [-0.4, -0.2) is 28.5 Å². The molecule has 1 aliphatic heterocycles. The van der Waals surface area contributed by atoms with E-state index in [9.17, 15) is 14.4 Å². The molecule has 1 fully saturated rings. The predicted molar refractivity (Wildman–Crippen MR) is 114 cm³/mol. The highest BCUT2D eigenvalue weighted by Gasteiger charge is 2.36. The molecule has 8 heteroatoms. The molecule has 0 aromatic heterocycles. The number of aryl methyl sites for hydroxylation is 2. The van der Waals surface area contributed by atoms with Gasteiger partial charge in [0.05, 0.1) is 4.91 Å². The number of hydrogen-bond donors (Lipinski definition) is 1. The molecule has 0 aliphatic carbocycles. The summed E-state index contributed by atoms with van der Waals surface area (Å²) >= 11 is 13.0. The van der Waals surface area contributed by atoms with Crippen molar-refractivity contribution < 1.29 is 14.4 Å². The van der Waals surface area contributed by atoms with Crippen molar-refractivity contribution in [3.63, 3.8) is 0 Å². The third-order valence-electron chi connectivity index (χ3n) is 4.24. The number of benzene rings is 2. The van der Waals surface area contributed by atoms with E-state index in [4.69, 9.17) is 23.2 Å². The lowest BCUT2D eigenvalue weighted by Gasteiger charge is -2.13. The number of amides is 3. The zero-order valence-corrected chi connectivity index (χ0v) is 17.4. The average molecular weight is 435 g/mol. The lowest BCUT2D eigenvalue weighted by molar-refractivity contribution is -0.127. The van der Waals surface area contributed by atoms with Crippen molar-refractivity contribution >= 4 is 63.8 Å². The van der Waals surface area contributed by atoms with Crippen molar-refractivity contribution in [2.24, 2.45) is 0 Å². The number of rotatable bonds is 4. The van der Waals surface area contributed by atoms with Crippen LogP contribution < -0.4 is 5.32 Å². The molecule has 5 nitrogen and oxygen atoms in total. The summed E-state index contributed by atoms with van der Waals surface area (Å²) in [6.45, 7) is 3.54. The van der Waals surface area contributed by atoms with Gasteiger partial charge < -0.3 is 5.32 Å². The fourth-order valence-corrected chi connectivity index (χ4v) is 3.91. The molecular weight excluding hydrogens is 419 g/mol. The van der Waals surface area contributed by atoms with E-state index >= 15 is 0 Å². The Kier molecular flexibility index (Phi) is 6.13. The SMILES string of the molecule is Cc1ccc(NC(=O)CN2C(=O)S/C(=C/c3c(Cl)cccc3Cl)C2=O)cc1C. The Bertz CT molecular complexity index is 1000. The van der Waals surface area contributed by atoms with Crippen LogP contribution in [0.3, 0.4) is 0 Å². The molecule has 0 radical (unpaired) electrons. The van der Waals surface area contributed by atoms with E-state index in [0.717, 1.165) is 27.8 Å². The van der Waals surface area contributed by atoms with Crippen molar-refractivity contribution in [2.45, 2.75) is 13.8 Å². The number of hydrogen-bond acceptors (Lipinski definition) is 4. The summed E-state index contributed by atoms with van der Waals surface area (Å²) in [7, 11) is 0. The Morgan fingerprint density at radius 3 is 2.43 bits per heavy atom. The molecular formula is C20H16Cl2N2O3S. The van der Waals surface area contributed by atoms with Gasteiger partial charge >= 0.3 is 0 Å². The highest BCUT2D eigenvalue weighted by atomic mass is 35.5. The molecule has 28 heavy (non-hydrogen) atoms. The topological polar surface area (TPSA) is 66.5 Å². The van der Waals surface area contributed by atoms with E-state index in [1.54, 1.807) is 24.3 Å². The summed E-state index contributed by atoms with van der Waals surface area (Å²) in [5.41, 5.74) is 3.20. The van der Waals surface area contributed by atoms with Crippen molar-refractivity contribution in [2.75, 3.05) is 11.9 Å². The zero-order chi connectivity index (χ0) is 20.4. The van der Waals surface area contributed by atoms with Crippen molar-refractivity contribution in [1.82, 2.24) is 4.90 Å². The average Bonchev–Trinajstić information content (AvgIpc) is 2.89. The first kappa shape index (κ1) is 20.5. The van der Waals surface area contributed by atoms with Gasteiger partial charge in [0.1, 0.15) is 6.54 Å². The molecule has 0 unspecified atom stereocenters. The molecule has 0 saturated carbocycles. The maximum absolute atomic E-state index is 12.6. The van der Waals surface area contributed by atoms with Crippen LogP contribution in [0, 0.1) is 13.8 Å². The summed E-state index contributed by atoms with van der Waals surface area (Å²) in [6.07, 6.45) is 1.47. The highest BCUT2D eigenvalue weighted by molar-refractivity contribution is 8.18. The molecule has 1 N–H and O–H groups in total. The second-order valence-corrected chi connectivity index (χ2v) is 8.06. The van der Waals surface area contributed by atoms with E-state index in [1.165, 1.54) is 6.08 Å². The summed E-state index contributed by atoms with van der Waals surface area (Å²) in [5, 5.41) is 2.92. The quantitative estimate of drug-likeness (QED) is 0.664. The Morgan fingerprint density at radius 1 is 1.11 bits per heavy atom. The van der Waals surface area contributed by atoms with Gasteiger partial charge in [0.15, 0.2) is 0 Å². The normalized spacial score (nSPS) is 15.4. The van der Waals surface area contributed by atoms with Crippen LogP contribution in [0.15, 0.2) is 41.3 Å². The molecule has 1 heterocycles. The van der Waals surface area contributed by atoms with Crippen LogP contribution in [0.5, 0.6) is 0 Å². The summed E-state index contributed by atoms with van der Waals surface area (Å²) in [4.78, 5) is 38.2. The third-order valence-corrected chi connectivity index (χ3v) is 5.81. The van der Waals surface area contributed by atoms with Gasteiger partial charge in [-0.15, -0.1) is 0 Å². The van der Waals surface area contributed by atoms with Gasteiger partial charge in [0.2, 0.25) is 5.91 Å². The minimum absolute atomic E-state index is 0.166. The van der Waals surface area contributed by atoms with Crippen LogP contribution in [-0.2, 0) is 9.59 Å². The van der Waals surface area contributed by atoms with Crippen LogP contribution in [0.25, 0.3) is 6.08 Å². The van der Waals surface area contributed by atoms with Crippen molar-refractivity contribution in [1.29, 1.82) is 0 Å². The first-order valence-electron chi connectivity index (χ1n) is 8.32. The van der Waals surface area contributed by atoms with Gasteiger partial charge in [-0.25, -0.2) is 0 Å². The Balaban J connectivity index is 1.74. The highest BCUT2D eigenvalue weighted by Crippen LogP contribution is 2.35. The number of imide groups is 1. The standard InChI is InChI=1S/C20H16Cl2N2O3S/c1-11-6-7-13(8-12(11)2)23-18(25)10-24-19(26)17(28-20(24)27)9-14-15(21)4-3-5-16(14)22/h3-9H,10H2,1-2H3,(H,23,25)/b17-9+. The Hall–Kier alpha value is -2.28. The Morgan fingerprint density at radius 2 is 1.79 bits per heavy atom. The van der Waals surface area contributed by atoms with Gasteiger partial charge in [-0.05, 0) is 67.1 Å². The first-order valence-corrected chi connectivity index (χ1v) is 9.90. The third kappa shape index (κ3) is 4.41. The number of carbonyl (C=O) groups excluding carboxylic acids is 3. The lowest BCUT2D eigenvalue weighted by Crippen LogP contribution is -2.36. The maximum atomic E-state index is 12.6. The van der Waals surface area contributed by atoms with Gasteiger partial charge in [0, 0.05) is 21.3 Å². The lowest BCUT2D eigenvalue weighted by atomic mass is 10.1. The molecule has 1 saturated heterocycles. The van der Waals surface area contributed by atoms with Crippen LogP contribution in [0.2, 0.25) is 10.0 Å². The van der Waals surface area contributed by atoms with E-state index in [-0.39, 0.29) is 11.4 Å². The molecule has 0 atom stereocenters. The van der Waals surface area contributed by atoms with Crippen LogP contribution in [0.1, 0.15) is 16.7 Å². The second kappa shape index (κ2) is 8.39. The van der Waals surface area contributed by atoms with Crippen molar-refractivity contribution in [3.05, 3.63) is 68.0 Å². The molecule has 2 aromatic rings. The number of nitrogens with zero attached hydrogens (tertiary/aromatic N) is 1. The van der Waals surface area contributed by atoms with Crippen molar-refractivity contribution in [3.8, 4) is 0 Å². The largest absolute Gasteiger partial charge is 0.325 e. The van der Waals surface area contributed by atoms with Gasteiger partial charge in [-0.1, -0.05) is 35.3 Å². The molecule has 0 bridgehead atoms. The van der Waals surface area contributed by atoms with Crippen LogP contribution in [0.4, 0.5) is 10.5 Å². The van der Waals surface area contributed by atoms with E-state index < -0.39 is 17.1 Å². The number of anilines is 1. The van der Waals surface area contributed by atoms with Crippen LogP contribution >= 0.6 is 35.0 Å². The second-order valence-electron chi connectivity index (χ2n) is 6.25. The maximum Gasteiger partial charge on any atom is 0.294 e. The summed E-state index contributed by atoms with van der Waals surface area (Å²) in [6, 6.07) is 10.5. The molecule has 3 rings (SSSR count). The summed E-state index contributed by atoms with van der Waals surface area (Å²) < 4.78 is 0. The molecule has 0 spiro atoms. The van der Waals surface area contributed by atoms with E-state index in [1.807, 2.05) is 26.0 Å². The minimum Gasteiger partial charge on any atom is -0.325 e. The van der Waals surface area contributed by atoms with E-state index in [2.05, 4.69) is 5.32 Å². The van der Waals surface area contributed by atoms with E-state index in [0.29, 0.717) is 21.3 Å². The number of thioether (sulfide) groups is 1. The summed E-state index contributed by atoms with van der Waals surface area (Å²) in [5.74, 6) is -1.01. The molecule has 3 amide bonds. The zero-order valence-electron chi connectivity index (χ0n) is 15.1. The van der Waals surface area contributed by atoms with Gasteiger partial charge in [-0.2, -0.15) is 0 Å².